The Kier molecular flexibility index (Phi) is 5.28. The summed E-state index contributed by atoms with van der Waals surface area (Å²) in [6.07, 6.45) is -6.78. The summed E-state index contributed by atoms with van der Waals surface area (Å²) >= 11 is 0. The Bertz CT molecular complexity index is 813. The second kappa shape index (κ2) is 7.29. The lowest BCUT2D eigenvalue weighted by atomic mass is 9.85. The van der Waals surface area contributed by atoms with E-state index in [0.717, 1.165) is 12.1 Å². The zero-order valence-electron chi connectivity index (χ0n) is 16.0. The number of ether oxygens (including phenoxy) is 3. The van der Waals surface area contributed by atoms with Gasteiger partial charge in [-0.25, -0.2) is 4.79 Å². The van der Waals surface area contributed by atoms with Crippen LogP contribution >= 0.6 is 0 Å². The standard InChI is InChI=1S/C18H21F3N2O6/c1-17(2)15(25)14(23-7-6-22(9-13(23)24)16(26)27-3)11-8-10(28-18(19,20)21)4-5-12(11)29-17/h4-5,8,14-15,25H,6-7,9H2,1-3H3. The SMILES string of the molecule is COC(=O)N1CCN(C2c3cc(OC(F)(F)F)ccc3OC(C)(C)C2O)C(=O)C1. The van der Waals surface area contributed by atoms with Gasteiger partial charge in [-0.15, -0.1) is 13.2 Å². The van der Waals surface area contributed by atoms with Gasteiger partial charge in [0.2, 0.25) is 5.91 Å². The first-order valence-corrected chi connectivity index (χ1v) is 8.82. The van der Waals surface area contributed by atoms with Crippen LogP contribution in [0.5, 0.6) is 11.5 Å². The Balaban J connectivity index is 1.96. The summed E-state index contributed by atoms with van der Waals surface area (Å²) in [5.74, 6) is -0.725. The van der Waals surface area contributed by atoms with E-state index in [1.165, 1.54) is 23.0 Å². The van der Waals surface area contributed by atoms with Crippen LogP contribution in [0, 0.1) is 0 Å². The van der Waals surface area contributed by atoms with E-state index in [-0.39, 0.29) is 30.9 Å². The molecule has 29 heavy (non-hydrogen) atoms. The van der Waals surface area contributed by atoms with Crippen LogP contribution in [0.15, 0.2) is 18.2 Å². The molecule has 2 aliphatic heterocycles. The van der Waals surface area contributed by atoms with Gasteiger partial charge in [0.15, 0.2) is 0 Å². The molecule has 2 heterocycles. The lowest BCUT2D eigenvalue weighted by molar-refractivity contribution is -0.274. The van der Waals surface area contributed by atoms with Crippen molar-refractivity contribution in [2.75, 3.05) is 26.7 Å². The fourth-order valence-corrected chi connectivity index (χ4v) is 3.55. The Labute approximate surface area is 164 Å². The summed E-state index contributed by atoms with van der Waals surface area (Å²) in [5.41, 5.74) is -0.914. The van der Waals surface area contributed by atoms with E-state index in [9.17, 15) is 27.9 Å². The number of hydrogen-bond donors (Lipinski definition) is 1. The Hall–Kier alpha value is -2.69. The maximum Gasteiger partial charge on any atom is 0.573 e. The van der Waals surface area contributed by atoms with Crippen molar-refractivity contribution >= 4 is 12.0 Å². The number of aliphatic hydroxyl groups excluding tert-OH is 1. The highest BCUT2D eigenvalue weighted by atomic mass is 19.4. The molecule has 2 amide bonds. The van der Waals surface area contributed by atoms with Gasteiger partial charge in [0.25, 0.3) is 0 Å². The fraction of sp³-hybridized carbons (Fsp3) is 0.556. The molecule has 1 fully saturated rings. The number of benzene rings is 1. The summed E-state index contributed by atoms with van der Waals surface area (Å²) in [7, 11) is 1.20. The van der Waals surface area contributed by atoms with Crippen LogP contribution in [0.1, 0.15) is 25.5 Å². The van der Waals surface area contributed by atoms with E-state index in [0.29, 0.717) is 0 Å². The number of amides is 2. The maximum atomic E-state index is 12.7. The third-order valence-corrected chi connectivity index (χ3v) is 4.94. The normalized spacial score (nSPS) is 23.9. The molecule has 1 N–H and O–H groups in total. The molecule has 0 radical (unpaired) electrons. The number of aliphatic hydroxyl groups is 1. The Morgan fingerprint density at radius 1 is 1.31 bits per heavy atom. The molecule has 1 aromatic carbocycles. The van der Waals surface area contributed by atoms with E-state index < -0.39 is 41.9 Å². The molecule has 2 atom stereocenters. The number of hydrogen-bond acceptors (Lipinski definition) is 6. The van der Waals surface area contributed by atoms with Gasteiger partial charge in [-0.1, -0.05) is 0 Å². The minimum absolute atomic E-state index is 0.0650. The second-order valence-corrected chi connectivity index (χ2v) is 7.32. The van der Waals surface area contributed by atoms with Crippen molar-refractivity contribution in [3.63, 3.8) is 0 Å². The molecule has 1 saturated heterocycles. The monoisotopic (exact) mass is 418 g/mol. The topological polar surface area (TPSA) is 88.5 Å². The highest BCUT2D eigenvalue weighted by molar-refractivity contribution is 5.84. The molecule has 0 aromatic heterocycles. The van der Waals surface area contributed by atoms with Gasteiger partial charge in [0.1, 0.15) is 29.7 Å². The molecule has 1 aromatic rings. The van der Waals surface area contributed by atoms with Gasteiger partial charge in [0, 0.05) is 18.7 Å². The van der Waals surface area contributed by atoms with Crippen LogP contribution in [0.2, 0.25) is 0 Å². The molecular weight excluding hydrogens is 397 g/mol. The number of fused-ring (bicyclic) bond motifs is 1. The summed E-state index contributed by atoms with van der Waals surface area (Å²) in [6.45, 7) is 3.17. The van der Waals surface area contributed by atoms with Crippen LogP contribution in [-0.2, 0) is 9.53 Å². The van der Waals surface area contributed by atoms with E-state index in [4.69, 9.17) is 4.74 Å². The molecule has 160 valence electrons. The van der Waals surface area contributed by atoms with Gasteiger partial charge in [-0.3, -0.25) is 9.69 Å². The summed E-state index contributed by atoms with van der Waals surface area (Å²) in [5, 5.41) is 10.9. The predicted octanol–water partition coefficient (Wildman–Crippen LogP) is 2.07. The van der Waals surface area contributed by atoms with E-state index in [1.807, 2.05) is 0 Å². The van der Waals surface area contributed by atoms with Crippen molar-refractivity contribution in [2.45, 2.75) is 38.0 Å². The van der Waals surface area contributed by atoms with Crippen molar-refractivity contribution in [3.8, 4) is 11.5 Å². The zero-order chi connectivity index (χ0) is 21.6. The molecule has 11 heteroatoms. The van der Waals surface area contributed by atoms with Crippen molar-refractivity contribution < 1.29 is 42.1 Å². The van der Waals surface area contributed by atoms with E-state index in [2.05, 4.69) is 9.47 Å². The number of halogens is 3. The number of piperazine rings is 1. The summed E-state index contributed by atoms with van der Waals surface area (Å²) in [6, 6.07) is 2.55. The van der Waals surface area contributed by atoms with Crippen LogP contribution in [-0.4, -0.2) is 71.7 Å². The lowest BCUT2D eigenvalue weighted by Crippen LogP contribution is -2.59. The first kappa shape index (κ1) is 21.0. The van der Waals surface area contributed by atoms with Crippen LogP contribution in [0.3, 0.4) is 0 Å². The van der Waals surface area contributed by atoms with Crippen molar-refractivity contribution in [1.82, 2.24) is 9.80 Å². The van der Waals surface area contributed by atoms with Crippen molar-refractivity contribution in [1.29, 1.82) is 0 Å². The molecule has 2 unspecified atom stereocenters. The summed E-state index contributed by atoms with van der Waals surface area (Å²) < 4.78 is 52.2. The molecule has 0 saturated carbocycles. The number of carbonyl (C=O) groups is 2. The van der Waals surface area contributed by atoms with Gasteiger partial charge >= 0.3 is 12.5 Å². The number of nitrogens with zero attached hydrogens (tertiary/aromatic N) is 2. The van der Waals surface area contributed by atoms with Crippen LogP contribution < -0.4 is 9.47 Å². The Morgan fingerprint density at radius 3 is 2.59 bits per heavy atom. The molecule has 3 rings (SSSR count). The third-order valence-electron chi connectivity index (χ3n) is 4.94. The van der Waals surface area contributed by atoms with Crippen LogP contribution in [0.4, 0.5) is 18.0 Å². The first-order chi connectivity index (χ1) is 13.4. The molecule has 2 aliphatic rings. The molecular formula is C18H21F3N2O6. The largest absolute Gasteiger partial charge is 0.573 e. The number of alkyl halides is 3. The highest BCUT2D eigenvalue weighted by Crippen LogP contribution is 2.45. The average molecular weight is 418 g/mol. The molecule has 0 bridgehead atoms. The molecule has 0 spiro atoms. The molecule has 0 aliphatic carbocycles. The van der Waals surface area contributed by atoms with Gasteiger partial charge in [0.05, 0.1) is 13.2 Å². The average Bonchev–Trinajstić information content (AvgIpc) is 2.62. The number of rotatable bonds is 2. The minimum Gasteiger partial charge on any atom is -0.485 e. The smallest absolute Gasteiger partial charge is 0.485 e. The third kappa shape index (κ3) is 4.19. The van der Waals surface area contributed by atoms with E-state index >= 15 is 0 Å². The first-order valence-electron chi connectivity index (χ1n) is 8.82. The number of methoxy groups -OCH3 is 1. The van der Waals surface area contributed by atoms with Crippen molar-refractivity contribution in [3.05, 3.63) is 23.8 Å². The summed E-state index contributed by atoms with van der Waals surface area (Å²) in [4.78, 5) is 26.9. The predicted molar refractivity (Wildman–Crippen MR) is 92.3 cm³/mol. The fourth-order valence-electron chi connectivity index (χ4n) is 3.55. The van der Waals surface area contributed by atoms with Gasteiger partial charge < -0.3 is 24.2 Å². The Morgan fingerprint density at radius 2 is 2.00 bits per heavy atom. The molecule has 8 nitrogen and oxygen atoms in total. The maximum absolute atomic E-state index is 12.7. The minimum atomic E-state index is -4.89. The second-order valence-electron chi connectivity index (χ2n) is 7.32. The number of carbonyl (C=O) groups excluding carboxylic acids is 2. The quantitative estimate of drug-likeness (QED) is 0.791. The zero-order valence-corrected chi connectivity index (χ0v) is 16.0. The van der Waals surface area contributed by atoms with Gasteiger partial charge in [-0.2, -0.15) is 0 Å². The van der Waals surface area contributed by atoms with Crippen LogP contribution in [0.25, 0.3) is 0 Å². The van der Waals surface area contributed by atoms with Crippen molar-refractivity contribution in [2.24, 2.45) is 0 Å². The highest BCUT2D eigenvalue weighted by Gasteiger charge is 2.48. The lowest BCUT2D eigenvalue weighted by Gasteiger charge is -2.48. The van der Waals surface area contributed by atoms with E-state index in [1.54, 1.807) is 13.8 Å². The van der Waals surface area contributed by atoms with Gasteiger partial charge in [-0.05, 0) is 32.0 Å².